The number of aromatic nitrogens is 4. The molecular formula is C14H11N5O2S2. The molecule has 23 heavy (non-hydrogen) atoms. The van der Waals surface area contributed by atoms with Gasteiger partial charge in [-0.1, -0.05) is 53.4 Å². The second-order valence-electron chi connectivity index (χ2n) is 4.20. The van der Waals surface area contributed by atoms with Crippen LogP contribution in [0.25, 0.3) is 11.4 Å². The third kappa shape index (κ3) is 4.02. The summed E-state index contributed by atoms with van der Waals surface area (Å²) in [6.45, 7) is 0. The van der Waals surface area contributed by atoms with Crippen molar-refractivity contribution in [1.82, 2.24) is 20.2 Å². The Morgan fingerprint density at radius 1 is 1.17 bits per heavy atom. The van der Waals surface area contributed by atoms with E-state index in [-0.39, 0.29) is 5.75 Å². The Morgan fingerprint density at radius 3 is 2.57 bits per heavy atom. The number of amides is 1. The molecule has 9 heteroatoms. The summed E-state index contributed by atoms with van der Waals surface area (Å²) in [5, 5.41) is 10.6. The minimum absolute atomic E-state index is 0.247. The van der Waals surface area contributed by atoms with Crippen molar-refractivity contribution in [1.29, 1.82) is 0 Å². The second-order valence-corrected chi connectivity index (χ2v) is 6.23. The largest absolute Gasteiger partial charge is 0.419 e. The van der Waals surface area contributed by atoms with Crippen LogP contribution >= 0.6 is 23.1 Å². The van der Waals surface area contributed by atoms with Crippen molar-refractivity contribution in [3.05, 3.63) is 42.7 Å². The maximum atomic E-state index is 11.8. The molecule has 0 aliphatic rings. The van der Waals surface area contributed by atoms with Crippen molar-refractivity contribution in [2.45, 2.75) is 4.34 Å². The van der Waals surface area contributed by atoms with Crippen LogP contribution in [0.5, 0.6) is 5.75 Å². The molecule has 0 radical (unpaired) electrons. The van der Waals surface area contributed by atoms with E-state index in [2.05, 4.69) is 25.5 Å². The van der Waals surface area contributed by atoms with Crippen LogP contribution in [-0.2, 0) is 0 Å². The molecule has 0 unspecified atom stereocenters. The van der Waals surface area contributed by atoms with Crippen molar-refractivity contribution >= 4 is 34.3 Å². The standard InChI is InChI=1S/C14H11N5O2S2/c1-22-14-19-18-12(23-14)17-13(20)21-10-7-15-11(16-8-10)9-5-3-2-4-6-9/h2-8H,1H3,(H,17,18,20). The van der Waals surface area contributed by atoms with Gasteiger partial charge in [-0.05, 0) is 6.26 Å². The number of nitrogens with one attached hydrogen (secondary N) is 1. The summed E-state index contributed by atoms with van der Waals surface area (Å²) in [5.74, 6) is 0.809. The van der Waals surface area contributed by atoms with Gasteiger partial charge in [-0.3, -0.25) is 5.32 Å². The van der Waals surface area contributed by atoms with Gasteiger partial charge in [0.1, 0.15) is 0 Å². The Hall–Kier alpha value is -2.52. The first-order valence-corrected chi connectivity index (χ1v) is 8.52. The summed E-state index contributed by atoms with van der Waals surface area (Å²) < 4.78 is 5.87. The quantitative estimate of drug-likeness (QED) is 0.573. The van der Waals surface area contributed by atoms with Gasteiger partial charge in [0.05, 0.1) is 12.4 Å². The van der Waals surface area contributed by atoms with Crippen LogP contribution in [-0.4, -0.2) is 32.5 Å². The highest BCUT2D eigenvalue weighted by Gasteiger charge is 2.10. The highest BCUT2D eigenvalue weighted by atomic mass is 32.2. The summed E-state index contributed by atoms with van der Waals surface area (Å²) in [6, 6.07) is 9.53. The first kappa shape index (κ1) is 15.4. The predicted molar refractivity (Wildman–Crippen MR) is 88.8 cm³/mol. The number of benzene rings is 1. The van der Waals surface area contributed by atoms with E-state index in [0.29, 0.717) is 11.0 Å². The van der Waals surface area contributed by atoms with E-state index >= 15 is 0 Å². The molecule has 0 spiro atoms. The summed E-state index contributed by atoms with van der Waals surface area (Å²) >= 11 is 2.72. The third-order valence-corrected chi connectivity index (χ3v) is 4.47. The van der Waals surface area contributed by atoms with Gasteiger partial charge in [0.15, 0.2) is 15.9 Å². The van der Waals surface area contributed by atoms with E-state index in [9.17, 15) is 4.79 Å². The lowest BCUT2D eigenvalue weighted by molar-refractivity contribution is 0.215. The monoisotopic (exact) mass is 345 g/mol. The topological polar surface area (TPSA) is 89.9 Å². The number of carbonyl (C=O) groups excluding carboxylic acids is 1. The summed E-state index contributed by atoms with van der Waals surface area (Å²) in [6.07, 6.45) is 4.11. The van der Waals surface area contributed by atoms with Gasteiger partial charge in [-0.15, -0.1) is 10.2 Å². The number of carbonyl (C=O) groups is 1. The molecule has 1 N–H and O–H groups in total. The van der Waals surface area contributed by atoms with Crippen LogP contribution in [0.1, 0.15) is 0 Å². The number of hydrogen-bond acceptors (Lipinski definition) is 8. The maximum absolute atomic E-state index is 11.8. The van der Waals surface area contributed by atoms with Gasteiger partial charge in [0.25, 0.3) is 0 Å². The van der Waals surface area contributed by atoms with Crippen LogP contribution in [0.3, 0.4) is 0 Å². The highest BCUT2D eigenvalue weighted by molar-refractivity contribution is 8.00. The van der Waals surface area contributed by atoms with Gasteiger partial charge in [0, 0.05) is 5.56 Å². The molecule has 0 atom stereocenters. The zero-order chi connectivity index (χ0) is 16.1. The third-order valence-electron chi connectivity index (χ3n) is 2.66. The minimum Gasteiger partial charge on any atom is -0.407 e. The summed E-state index contributed by atoms with van der Waals surface area (Å²) in [5.41, 5.74) is 0.891. The number of hydrogen-bond donors (Lipinski definition) is 1. The maximum Gasteiger partial charge on any atom is 0.419 e. The van der Waals surface area contributed by atoms with Gasteiger partial charge in [-0.2, -0.15) is 0 Å². The van der Waals surface area contributed by atoms with E-state index in [1.165, 1.54) is 35.5 Å². The molecule has 7 nitrogen and oxygen atoms in total. The fourth-order valence-electron chi connectivity index (χ4n) is 1.67. The van der Waals surface area contributed by atoms with Gasteiger partial charge < -0.3 is 4.74 Å². The molecule has 1 amide bonds. The molecule has 0 fully saturated rings. The fourth-order valence-corrected chi connectivity index (χ4v) is 2.82. The van der Waals surface area contributed by atoms with E-state index in [0.717, 1.165) is 9.90 Å². The highest BCUT2D eigenvalue weighted by Crippen LogP contribution is 2.23. The molecule has 3 rings (SSSR count). The molecule has 0 aliphatic carbocycles. The molecule has 2 heterocycles. The van der Waals surface area contributed by atoms with Crippen LogP contribution in [0.4, 0.5) is 9.93 Å². The molecule has 116 valence electrons. The summed E-state index contributed by atoms with van der Waals surface area (Å²) in [4.78, 5) is 20.1. The molecule has 1 aromatic carbocycles. The van der Waals surface area contributed by atoms with E-state index in [1.54, 1.807) is 0 Å². The molecular weight excluding hydrogens is 334 g/mol. The summed E-state index contributed by atoms with van der Waals surface area (Å²) in [7, 11) is 0. The Bertz CT molecular complexity index is 792. The van der Waals surface area contributed by atoms with Crippen molar-refractivity contribution in [3.8, 4) is 17.1 Å². The lowest BCUT2D eigenvalue weighted by atomic mass is 10.2. The number of thioether (sulfide) groups is 1. The molecule has 0 bridgehead atoms. The molecule has 3 aromatic rings. The van der Waals surface area contributed by atoms with Gasteiger partial charge >= 0.3 is 6.09 Å². The second kappa shape index (κ2) is 7.16. The van der Waals surface area contributed by atoms with Crippen LogP contribution in [0.2, 0.25) is 0 Å². The number of nitrogens with zero attached hydrogens (tertiary/aromatic N) is 4. The van der Waals surface area contributed by atoms with Crippen molar-refractivity contribution in [2.75, 3.05) is 11.6 Å². The lowest BCUT2D eigenvalue weighted by Gasteiger charge is -2.04. The molecule has 0 aliphatic heterocycles. The van der Waals surface area contributed by atoms with E-state index in [4.69, 9.17) is 4.74 Å². The van der Waals surface area contributed by atoms with Crippen molar-refractivity contribution in [3.63, 3.8) is 0 Å². The minimum atomic E-state index is -0.662. The van der Waals surface area contributed by atoms with Gasteiger partial charge in [0.2, 0.25) is 5.13 Å². The van der Waals surface area contributed by atoms with Crippen LogP contribution < -0.4 is 10.1 Å². The Labute approximate surface area is 140 Å². The van der Waals surface area contributed by atoms with Crippen LogP contribution in [0, 0.1) is 0 Å². The first-order chi connectivity index (χ1) is 11.2. The zero-order valence-corrected chi connectivity index (χ0v) is 13.6. The van der Waals surface area contributed by atoms with Crippen molar-refractivity contribution in [2.24, 2.45) is 0 Å². The smallest absolute Gasteiger partial charge is 0.407 e. The lowest BCUT2D eigenvalue weighted by Crippen LogP contribution is -2.16. The van der Waals surface area contributed by atoms with E-state index in [1.807, 2.05) is 36.6 Å². The normalized spacial score (nSPS) is 10.3. The number of ether oxygens (including phenoxy) is 1. The molecule has 0 saturated heterocycles. The van der Waals surface area contributed by atoms with Gasteiger partial charge in [-0.25, -0.2) is 14.8 Å². The van der Waals surface area contributed by atoms with Crippen molar-refractivity contribution < 1.29 is 9.53 Å². The molecule has 2 aromatic heterocycles. The average molecular weight is 345 g/mol. The Morgan fingerprint density at radius 2 is 1.91 bits per heavy atom. The predicted octanol–water partition coefficient (Wildman–Crippen LogP) is 3.33. The Kier molecular flexibility index (Phi) is 4.79. The average Bonchev–Trinajstić information content (AvgIpc) is 3.04. The van der Waals surface area contributed by atoms with E-state index < -0.39 is 6.09 Å². The Balaban J connectivity index is 1.62. The van der Waals surface area contributed by atoms with Crippen LogP contribution in [0.15, 0.2) is 47.1 Å². The number of rotatable bonds is 4. The number of anilines is 1. The zero-order valence-electron chi connectivity index (χ0n) is 12.0. The molecule has 0 saturated carbocycles. The first-order valence-electron chi connectivity index (χ1n) is 6.48. The SMILES string of the molecule is CSc1nnc(NC(=O)Oc2cnc(-c3ccccc3)nc2)s1. The fraction of sp³-hybridized carbons (Fsp3) is 0.0714.